The van der Waals surface area contributed by atoms with E-state index in [-0.39, 0.29) is 0 Å². The van der Waals surface area contributed by atoms with Crippen molar-refractivity contribution >= 4 is 11.5 Å². The summed E-state index contributed by atoms with van der Waals surface area (Å²) in [5.74, 6) is 1.33. The molecule has 2 aliphatic heterocycles. The number of fused-ring (bicyclic) bond motifs is 2. The second-order valence-electron chi connectivity index (χ2n) is 8.40. The van der Waals surface area contributed by atoms with Gasteiger partial charge in [-0.2, -0.15) is 10.4 Å². The lowest BCUT2D eigenvalue weighted by Gasteiger charge is -2.36. The number of nitriles is 1. The van der Waals surface area contributed by atoms with Gasteiger partial charge in [0, 0.05) is 56.1 Å². The van der Waals surface area contributed by atoms with Crippen molar-refractivity contribution in [3.05, 3.63) is 72.9 Å². The number of nitrogens with zero attached hydrogens (tertiary/aromatic N) is 8. The standard InChI is InChI=1S/C24H22N8/c1-29-14-18(13-27-29)23-26-12-17(11-25)24(28-23)32-16-21-10-22(32)15-31(21)20-6-4-5-19(9-20)30-7-2-3-8-30/h2-9,12-14,21-22H,10,15-16H2,1H3/t21-,22+/m1/s1. The number of aromatic nitrogens is 5. The van der Waals surface area contributed by atoms with Crippen molar-refractivity contribution in [2.45, 2.75) is 18.5 Å². The van der Waals surface area contributed by atoms with Gasteiger partial charge in [-0.1, -0.05) is 6.07 Å². The molecule has 0 radical (unpaired) electrons. The van der Waals surface area contributed by atoms with E-state index in [4.69, 9.17) is 4.98 Å². The Hall–Kier alpha value is -4.12. The Morgan fingerprint density at radius 1 is 1.00 bits per heavy atom. The Kier molecular flexibility index (Phi) is 4.21. The largest absolute Gasteiger partial charge is 0.365 e. The summed E-state index contributed by atoms with van der Waals surface area (Å²) in [5, 5.41) is 13.9. The van der Waals surface area contributed by atoms with Gasteiger partial charge in [-0.3, -0.25) is 4.68 Å². The van der Waals surface area contributed by atoms with Crippen LogP contribution in [0.25, 0.3) is 17.1 Å². The zero-order chi connectivity index (χ0) is 21.7. The number of benzene rings is 1. The molecule has 2 fully saturated rings. The van der Waals surface area contributed by atoms with Crippen molar-refractivity contribution in [1.29, 1.82) is 5.26 Å². The van der Waals surface area contributed by atoms with Crippen molar-refractivity contribution < 1.29 is 0 Å². The average Bonchev–Trinajstić information content (AvgIpc) is 3.63. The van der Waals surface area contributed by atoms with Crippen molar-refractivity contribution in [2.24, 2.45) is 7.05 Å². The first-order valence-electron chi connectivity index (χ1n) is 10.7. The smallest absolute Gasteiger partial charge is 0.164 e. The second kappa shape index (κ2) is 7.24. The molecular formula is C24H22N8. The Balaban J connectivity index is 1.27. The minimum Gasteiger partial charge on any atom is -0.365 e. The fourth-order valence-corrected chi connectivity index (χ4v) is 4.93. The molecule has 0 amide bonds. The fourth-order valence-electron chi connectivity index (χ4n) is 4.93. The lowest BCUT2D eigenvalue weighted by molar-refractivity contribution is 0.640. The molecule has 2 saturated heterocycles. The first-order valence-corrected chi connectivity index (χ1v) is 10.7. The van der Waals surface area contributed by atoms with E-state index < -0.39 is 0 Å². The van der Waals surface area contributed by atoms with Crippen LogP contribution in [0.1, 0.15) is 12.0 Å². The van der Waals surface area contributed by atoms with Crippen LogP contribution in [0.15, 0.2) is 67.4 Å². The van der Waals surface area contributed by atoms with E-state index in [0.717, 1.165) is 36.6 Å². The van der Waals surface area contributed by atoms with E-state index in [9.17, 15) is 5.26 Å². The van der Waals surface area contributed by atoms with Crippen LogP contribution in [0.3, 0.4) is 0 Å². The first kappa shape index (κ1) is 18.6. The molecule has 0 unspecified atom stereocenters. The van der Waals surface area contributed by atoms with E-state index in [1.807, 2.05) is 25.4 Å². The Labute approximate surface area is 186 Å². The summed E-state index contributed by atoms with van der Waals surface area (Å²) >= 11 is 0. The molecule has 3 aromatic heterocycles. The molecule has 2 aliphatic rings. The van der Waals surface area contributed by atoms with E-state index in [2.05, 4.69) is 67.2 Å². The number of hydrogen-bond acceptors (Lipinski definition) is 6. The minimum absolute atomic E-state index is 0.319. The van der Waals surface area contributed by atoms with Crippen molar-refractivity contribution in [3.8, 4) is 23.1 Å². The maximum atomic E-state index is 9.68. The molecule has 5 heterocycles. The van der Waals surface area contributed by atoms with Crippen LogP contribution >= 0.6 is 0 Å². The molecule has 0 spiro atoms. The summed E-state index contributed by atoms with van der Waals surface area (Å²) in [5.41, 5.74) is 3.77. The Morgan fingerprint density at radius 2 is 1.78 bits per heavy atom. The van der Waals surface area contributed by atoms with Gasteiger partial charge in [-0.15, -0.1) is 0 Å². The van der Waals surface area contributed by atoms with Gasteiger partial charge >= 0.3 is 0 Å². The number of hydrogen-bond donors (Lipinski definition) is 0. The van der Waals surface area contributed by atoms with Crippen molar-refractivity contribution in [2.75, 3.05) is 22.9 Å². The minimum atomic E-state index is 0.319. The summed E-state index contributed by atoms with van der Waals surface area (Å²) in [6.07, 6.45) is 10.5. The molecule has 158 valence electrons. The average molecular weight is 422 g/mol. The fraction of sp³-hybridized carbons (Fsp3) is 0.250. The Bertz CT molecular complexity index is 1320. The Morgan fingerprint density at radius 3 is 2.50 bits per heavy atom. The van der Waals surface area contributed by atoms with Crippen LogP contribution < -0.4 is 9.80 Å². The lowest BCUT2D eigenvalue weighted by atomic mass is 10.2. The molecule has 0 saturated carbocycles. The normalized spacial score (nSPS) is 19.5. The molecule has 0 N–H and O–H groups in total. The highest BCUT2D eigenvalue weighted by Gasteiger charge is 2.44. The summed E-state index contributed by atoms with van der Waals surface area (Å²) < 4.78 is 3.86. The van der Waals surface area contributed by atoms with Crippen LogP contribution in [-0.4, -0.2) is 49.5 Å². The highest BCUT2D eigenvalue weighted by molar-refractivity contribution is 5.64. The quantitative estimate of drug-likeness (QED) is 0.503. The molecule has 8 heteroatoms. The van der Waals surface area contributed by atoms with Crippen LogP contribution in [0.5, 0.6) is 0 Å². The topological polar surface area (TPSA) is 78.8 Å². The summed E-state index contributed by atoms with van der Waals surface area (Å²) in [7, 11) is 1.87. The van der Waals surface area contributed by atoms with Crippen LogP contribution in [0.4, 0.5) is 11.5 Å². The number of piperazine rings is 1. The maximum absolute atomic E-state index is 9.68. The van der Waals surface area contributed by atoms with Gasteiger partial charge in [-0.05, 0) is 36.8 Å². The number of anilines is 2. The van der Waals surface area contributed by atoms with E-state index in [0.29, 0.717) is 23.5 Å². The monoisotopic (exact) mass is 422 g/mol. The van der Waals surface area contributed by atoms with Gasteiger partial charge in [0.05, 0.1) is 24.0 Å². The van der Waals surface area contributed by atoms with Gasteiger partial charge in [0.15, 0.2) is 11.6 Å². The van der Waals surface area contributed by atoms with Gasteiger partial charge in [0.25, 0.3) is 0 Å². The third-order valence-corrected chi connectivity index (χ3v) is 6.43. The van der Waals surface area contributed by atoms with Crippen LogP contribution in [0.2, 0.25) is 0 Å². The third-order valence-electron chi connectivity index (χ3n) is 6.43. The zero-order valence-electron chi connectivity index (χ0n) is 17.7. The predicted molar refractivity (Wildman–Crippen MR) is 122 cm³/mol. The highest BCUT2D eigenvalue weighted by atomic mass is 15.4. The number of rotatable bonds is 4. The second-order valence-corrected chi connectivity index (χ2v) is 8.40. The highest BCUT2D eigenvalue weighted by Crippen LogP contribution is 2.38. The zero-order valence-corrected chi connectivity index (χ0v) is 17.7. The molecule has 4 aromatic rings. The van der Waals surface area contributed by atoms with Crippen LogP contribution in [-0.2, 0) is 7.05 Å². The SMILES string of the molecule is Cn1cc(-c2ncc(C#N)c(N3C[C@H]4C[C@H]3CN4c3cccc(-n4cccc4)c3)n2)cn1. The molecule has 1 aromatic carbocycles. The first-order chi connectivity index (χ1) is 15.7. The molecule has 2 atom stereocenters. The van der Waals surface area contributed by atoms with Gasteiger partial charge < -0.3 is 14.4 Å². The molecule has 32 heavy (non-hydrogen) atoms. The van der Waals surface area contributed by atoms with Crippen LogP contribution in [0, 0.1) is 11.3 Å². The molecule has 0 aliphatic carbocycles. The number of aryl methyl sites for hydroxylation is 1. The third kappa shape index (κ3) is 3.02. The molecular weight excluding hydrogens is 400 g/mol. The van der Waals surface area contributed by atoms with E-state index in [1.54, 1.807) is 17.1 Å². The summed E-state index contributed by atoms with van der Waals surface area (Å²) in [6.45, 7) is 1.76. The molecule has 2 bridgehead atoms. The van der Waals surface area contributed by atoms with Gasteiger partial charge in [0.2, 0.25) is 0 Å². The van der Waals surface area contributed by atoms with Crippen molar-refractivity contribution in [3.63, 3.8) is 0 Å². The predicted octanol–water partition coefficient (Wildman–Crippen LogP) is 3.01. The van der Waals surface area contributed by atoms with Crippen molar-refractivity contribution in [1.82, 2.24) is 24.3 Å². The summed E-state index contributed by atoms with van der Waals surface area (Å²) in [6, 6.07) is 15.7. The maximum Gasteiger partial charge on any atom is 0.164 e. The van der Waals surface area contributed by atoms with E-state index >= 15 is 0 Å². The molecule has 6 rings (SSSR count). The molecule has 8 nitrogen and oxygen atoms in total. The lowest BCUT2D eigenvalue weighted by Crippen LogP contribution is -2.47. The van der Waals surface area contributed by atoms with E-state index in [1.165, 1.54) is 5.69 Å². The van der Waals surface area contributed by atoms with Gasteiger partial charge in [0.1, 0.15) is 11.6 Å². The van der Waals surface area contributed by atoms with Gasteiger partial charge in [-0.25, -0.2) is 9.97 Å². The summed E-state index contributed by atoms with van der Waals surface area (Å²) in [4.78, 5) is 14.0.